The molecular weight excluding hydrogens is 366 g/mol. The van der Waals surface area contributed by atoms with Crippen molar-refractivity contribution in [1.82, 2.24) is 4.57 Å². The molecule has 0 radical (unpaired) electrons. The minimum atomic E-state index is -1.40. The summed E-state index contributed by atoms with van der Waals surface area (Å²) in [5, 5.41) is 11.4. The molecule has 0 saturated carbocycles. The normalized spacial score (nSPS) is 13.0. The van der Waals surface area contributed by atoms with Crippen molar-refractivity contribution in [3.63, 3.8) is 0 Å². The molecular formula is C24H25NO4. The van der Waals surface area contributed by atoms with Gasteiger partial charge in [-0.05, 0) is 31.4 Å². The number of aromatic hydroxyl groups is 1. The Balaban J connectivity index is 2.03. The third-order valence-corrected chi connectivity index (χ3v) is 5.53. The fourth-order valence-corrected chi connectivity index (χ4v) is 3.94. The van der Waals surface area contributed by atoms with E-state index in [0.29, 0.717) is 17.7 Å². The number of hydrogen-bond acceptors (Lipinski definition) is 4. The van der Waals surface area contributed by atoms with E-state index in [4.69, 9.17) is 4.74 Å². The molecule has 0 aliphatic carbocycles. The first kappa shape index (κ1) is 20.4. The lowest BCUT2D eigenvalue weighted by Crippen LogP contribution is -2.40. The predicted octanol–water partition coefficient (Wildman–Crippen LogP) is 4.43. The number of Topliss-reactive ketones (excluding diaryl/α,β-unsaturated/α-hetero) is 1. The van der Waals surface area contributed by atoms with E-state index in [1.807, 2.05) is 41.9 Å². The third-order valence-electron chi connectivity index (χ3n) is 5.53. The van der Waals surface area contributed by atoms with Crippen LogP contribution in [0.25, 0.3) is 10.9 Å². The highest BCUT2D eigenvalue weighted by Gasteiger charge is 2.46. The molecule has 1 heterocycles. The fraction of sp³-hybridized carbons (Fsp3) is 0.250. The van der Waals surface area contributed by atoms with Crippen molar-refractivity contribution in [3.8, 4) is 5.75 Å². The lowest BCUT2D eigenvalue weighted by atomic mass is 9.73. The molecule has 1 unspecified atom stereocenters. The second-order valence-corrected chi connectivity index (χ2v) is 7.13. The Morgan fingerprint density at radius 2 is 1.79 bits per heavy atom. The van der Waals surface area contributed by atoms with Crippen molar-refractivity contribution >= 4 is 22.7 Å². The van der Waals surface area contributed by atoms with Gasteiger partial charge in [0.25, 0.3) is 0 Å². The Hall–Kier alpha value is -3.34. The molecule has 0 saturated heterocycles. The second kappa shape index (κ2) is 8.35. The summed E-state index contributed by atoms with van der Waals surface area (Å²) in [5.41, 5.74) is 0.605. The number of fused-ring (bicyclic) bond motifs is 1. The van der Waals surface area contributed by atoms with Gasteiger partial charge in [-0.15, -0.1) is 6.58 Å². The maximum atomic E-state index is 13.4. The van der Waals surface area contributed by atoms with E-state index in [1.165, 1.54) is 7.11 Å². The Morgan fingerprint density at radius 3 is 2.41 bits per heavy atom. The largest absolute Gasteiger partial charge is 0.505 e. The van der Waals surface area contributed by atoms with Gasteiger partial charge in [-0.3, -0.25) is 9.59 Å². The molecule has 0 bridgehead atoms. The van der Waals surface area contributed by atoms with E-state index < -0.39 is 11.4 Å². The number of ether oxygens (including phenoxy) is 1. The van der Waals surface area contributed by atoms with Crippen LogP contribution in [0.4, 0.5) is 0 Å². The van der Waals surface area contributed by atoms with E-state index in [9.17, 15) is 14.7 Å². The predicted molar refractivity (Wildman–Crippen MR) is 113 cm³/mol. The highest BCUT2D eigenvalue weighted by Crippen LogP contribution is 2.38. The number of ketones is 1. The average Bonchev–Trinajstić information content (AvgIpc) is 3.01. The number of aryl methyl sites for hydroxylation is 1. The maximum Gasteiger partial charge on any atom is 0.320 e. The zero-order valence-electron chi connectivity index (χ0n) is 16.7. The van der Waals surface area contributed by atoms with Crippen molar-refractivity contribution in [3.05, 3.63) is 78.5 Å². The Labute approximate surface area is 170 Å². The number of allylic oxidation sites excluding steroid dienone is 1. The highest BCUT2D eigenvalue weighted by atomic mass is 16.5. The van der Waals surface area contributed by atoms with Crippen molar-refractivity contribution < 1.29 is 19.4 Å². The van der Waals surface area contributed by atoms with Crippen molar-refractivity contribution in [2.75, 3.05) is 7.11 Å². The van der Waals surface area contributed by atoms with E-state index in [-0.39, 0.29) is 24.4 Å². The number of aromatic nitrogens is 1. The number of carbonyl (C=O) groups is 2. The number of rotatable bonds is 8. The van der Waals surface area contributed by atoms with Gasteiger partial charge < -0.3 is 14.4 Å². The van der Waals surface area contributed by atoms with Gasteiger partial charge in [-0.1, -0.05) is 48.5 Å². The van der Waals surface area contributed by atoms with Gasteiger partial charge in [0.1, 0.15) is 11.2 Å². The van der Waals surface area contributed by atoms with Crippen LogP contribution in [0.1, 0.15) is 28.9 Å². The maximum absolute atomic E-state index is 13.4. The first-order chi connectivity index (χ1) is 14.0. The molecule has 29 heavy (non-hydrogen) atoms. The summed E-state index contributed by atoms with van der Waals surface area (Å²) in [7, 11) is 3.15. The van der Waals surface area contributed by atoms with Crippen molar-refractivity contribution in [2.45, 2.75) is 19.3 Å². The Kier molecular flexibility index (Phi) is 5.87. The van der Waals surface area contributed by atoms with Gasteiger partial charge in [0.2, 0.25) is 0 Å². The average molecular weight is 391 g/mol. The number of benzene rings is 2. The monoisotopic (exact) mass is 391 g/mol. The van der Waals surface area contributed by atoms with Gasteiger partial charge in [-0.2, -0.15) is 0 Å². The number of esters is 1. The minimum absolute atomic E-state index is 0.151. The van der Waals surface area contributed by atoms with E-state index >= 15 is 0 Å². The second-order valence-electron chi connectivity index (χ2n) is 7.13. The topological polar surface area (TPSA) is 68.5 Å². The Morgan fingerprint density at radius 1 is 1.14 bits per heavy atom. The standard InChI is InChI=1S/C24H25NO4/c1-4-15-24(23(28)29-3,22(27)17-10-6-5-7-11-17)16-14-20-21(26)18-12-8-9-13-19(18)25(20)2/h4-13,26H,1,14-16H2,2-3H3. The van der Waals surface area contributed by atoms with Gasteiger partial charge in [0.05, 0.1) is 18.3 Å². The smallest absolute Gasteiger partial charge is 0.320 e. The molecule has 0 amide bonds. The first-order valence-electron chi connectivity index (χ1n) is 9.50. The number of para-hydroxylation sites is 1. The summed E-state index contributed by atoms with van der Waals surface area (Å²) in [4.78, 5) is 26.2. The summed E-state index contributed by atoms with van der Waals surface area (Å²) >= 11 is 0. The number of methoxy groups -OCH3 is 1. The van der Waals surface area contributed by atoms with Crippen LogP contribution in [0.3, 0.4) is 0 Å². The molecule has 5 nitrogen and oxygen atoms in total. The lowest BCUT2D eigenvalue weighted by Gasteiger charge is -2.29. The van der Waals surface area contributed by atoms with E-state index in [0.717, 1.165) is 10.9 Å². The summed E-state index contributed by atoms with van der Waals surface area (Å²) in [6.07, 6.45) is 2.24. The molecule has 0 spiro atoms. The van der Waals surface area contributed by atoms with Crippen LogP contribution in [0.5, 0.6) is 5.75 Å². The molecule has 2 aromatic carbocycles. The van der Waals surface area contributed by atoms with Gasteiger partial charge in [-0.25, -0.2) is 0 Å². The Bertz CT molecular complexity index is 1010. The SMILES string of the molecule is C=CCC(CCc1c(O)c2ccccc2n1C)(C(=O)OC)C(=O)c1ccccc1. The molecule has 3 aromatic rings. The minimum Gasteiger partial charge on any atom is -0.505 e. The zero-order valence-corrected chi connectivity index (χ0v) is 16.7. The first-order valence-corrected chi connectivity index (χ1v) is 9.50. The van der Waals surface area contributed by atoms with Crippen LogP contribution in [-0.2, 0) is 23.0 Å². The molecule has 1 N–H and O–H groups in total. The van der Waals surface area contributed by atoms with Gasteiger partial charge in [0, 0.05) is 18.0 Å². The van der Waals surface area contributed by atoms with Crippen LogP contribution in [0.15, 0.2) is 67.3 Å². The third kappa shape index (κ3) is 3.56. The number of carbonyl (C=O) groups excluding carboxylic acids is 2. The van der Waals surface area contributed by atoms with Gasteiger partial charge >= 0.3 is 5.97 Å². The lowest BCUT2D eigenvalue weighted by molar-refractivity contribution is -0.149. The van der Waals surface area contributed by atoms with Crippen molar-refractivity contribution in [1.29, 1.82) is 0 Å². The molecule has 1 atom stereocenters. The van der Waals surface area contributed by atoms with Crippen LogP contribution < -0.4 is 0 Å². The van der Waals surface area contributed by atoms with E-state index in [1.54, 1.807) is 30.3 Å². The highest BCUT2D eigenvalue weighted by molar-refractivity contribution is 6.12. The molecule has 5 heteroatoms. The summed E-state index contributed by atoms with van der Waals surface area (Å²) in [6, 6.07) is 16.3. The molecule has 150 valence electrons. The van der Waals surface area contributed by atoms with Crippen LogP contribution in [0, 0.1) is 5.41 Å². The molecule has 1 aromatic heterocycles. The summed E-state index contributed by atoms with van der Waals surface area (Å²) < 4.78 is 6.94. The van der Waals surface area contributed by atoms with Crippen LogP contribution >= 0.6 is 0 Å². The number of nitrogens with zero attached hydrogens (tertiary/aromatic N) is 1. The molecule has 0 fully saturated rings. The fourth-order valence-electron chi connectivity index (χ4n) is 3.94. The van der Waals surface area contributed by atoms with Crippen LogP contribution in [-0.4, -0.2) is 28.5 Å². The molecule has 3 rings (SSSR count). The van der Waals surface area contributed by atoms with E-state index in [2.05, 4.69) is 6.58 Å². The molecule has 0 aliphatic heterocycles. The summed E-state index contributed by atoms with van der Waals surface area (Å²) in [6.45, 7) is 3.75. The number of hydrogen-bond donors (Lipinski definition) is 1. The summed E-state index contributed by atoms with van der Waals surface area (Å²) in [5.74, 6) is -0.722. The van der Waals surface area contributed by atoms with Gasteiger partial charge in [0.15, 0.2) is 5.78 Å². The quantitative estimate of drug-likeness (QED) is 0.267. The van der Waals surface area contributed by atoms with Crippen LogP contribution in [0.2, 0.25) is 0 Å². The molecule has 0 aliphatic rings. The zero-order chi connectivity index (χ0) is 21.0. The van der Waals surface area contributed by atoms with Crippen molar-refractivity contribution in [2.24, 2.45) is 12.5 Å².